The Bertz CT molecular complexity index is 977. The summed E-state index contributed by atoms with van der Waals surface area (Å²) >= 11 is 6.14. The third-order valence-electron chi connectivity index (χ3n) is 5.04. The molecule has 0 radical (unpaired) electrons. The van der Waals surface area contributed by atoms with E-state index in [1.54, 1.807) is 11.9 Å². The average Bonchev–Trinajstić information content (AvgIpc) is 3.04. The summed E-state index contributed by atoms with van der Waals surface area (Å²) in [5.41, 5.74) is 0.193. The molecule has 9 nitrogen and oxygen atoms in total. The summed E-state index contributed by atoms with van der Waals surface area (Å²) in [4.78, 5) is 14.1. The van der Waals surface area contributed by atoms with E-state index in [4.69, 9.17) is 16.3 Å². The molecule has 0 aliphatic carbocycles. The van der Waals surface area contributed by atoms with Gasteiger partial charge in [0.15, 0.2) is 9.84 Å². The zero-order valence-corrected chi connectivity index (χ0v) is 18.4. The van der Waals surface area contributed by atoms with Gasteiger partial charge in [0.2, 0.25) is 15.9 Å². The first kappa shape index (κ1) is 22.4. The number of hydrogen-bond donors (Lipinski definition) is 1. The van der Waals surface area contributed by atoms with Gasteiger partial charge in [-0.3, -0.25) is 9.69 Å². The van der Waals surface area contributed by atoms with Gasteiger partial charge in [0.1, 0.15) is 0 Å². The van der Waals surface area contributed by atoms with Crippen molar-refractivity contribution in [1.82, 2.24) is 9.21 Å². The maximum absolute atomic E-state index is 12.8. The van der Waals surface area contributed by atoms with Crippen molar-refractivity contribution in [3.63, 3.8) is 0 Å². The van der Waals surface area contributed by atoms with E-state index in [9.17, 15) is 21.6 Å². The first-order chi connectivity index (χ1) is 13.6. The minimum atomic E-state index is -3.72. The lowest BCUT2D eigenvalue weighted by Crippen LogP contribution is -2.40. The van der Waals surface area contributed by atoms with Gasteiger partial charge in [0.05, 0.1) is 46.9 Å². The second kappa shape index (κ2) is 8.86. The number of benzene rings is 1. The van der Waals surface area contributed by atoms with Crippen molar-refractivity contribution in [2.24, 2.45) is 0 Å². The van der Waals surface area contributed by atoms with Gasteiger partial charge < -0.3 is 10.1 Å². The molecule has 1 N–H and O–H groups in total. The largest absolute Gasteiger partial charge is 0.379 e. The fraction of sp³-hybridized carbons (Fsp3) is 0.588. The molecular weight excluding hydrogens is 442 g/mol. The summed E-state index contributed by atoms with van der Waals surface area (Å²) in [5.74, 6) is -0.249. The van der Waals surface area contributed by atoms with Gasteiger partial charge in [-0.15, -0.1) is 0 Å². The van der Waals surface area contributed by atoms with Crippen molar-refractivity contribution >= 4 is 43.1 Å². The van der Waals surface area contributed by atoms with Gasteiger partial charge in [0, 0.05) is 19.1 Å². The second-order valence-electron chi connectivity index (χ2n) is 7.18. The lowest BCUT2D eigenvalue weighted by Gasteiger charge is -2.26. The highest BCUT2D eigenvalue weighted by Gasteiger charge is 2.31. The van der Waals surface area contributed by atoms with Gasteiger partial charge in [-0.2, -0.15) is 4.31 Å². The number of amides is 1. The Hall–Kier alpha value is -1.24. The van der Waals surface area contributed by atoms with Crippen LogP contribution in [0.3, 0.4) is 0 Å². The molecule has 2 aliphatic rings. The molecule has 2 fully saturated rings. The number of rotatable bonds is 6. The van der Waals surface area contributed by atoms with Gasteiger partial charge in [-0.1, -0.05) is 11.6 Å². The molecule has 29 heavy (non-hydrogen) atoms. The minimum absolute atomic E-state index is 0.0308. The summed E-state index contributed by atoms with van der Waals surface area (Å²) in [6.07, 6.45) is 0.486. The first-order valence-electron chi connectivity index (χ1n) is 9.16. The highest BCUT2D eigenvalue weighted by Crippen LogP contribution is 2.27. The third-order valence-corrected chi connectivity index (χ3v) is 9.02. The van der Waals surface area contributed by atoms with Crippen LogP contribution in [0.5, 0.6) is 0 Å². The fourth-order valence-corrected chi connectivity index (χ4v) is 6.77. The lowest BCUT2D eigenvalue weighted by molar-refractivity contribution is -0.117. The topological polar surface area (TPSA) is 113 Å². The highest BCUT2D eigenvalue weighted by molar-refractivity contribution is 7.91. The molecule has 12 heteroatoms. The number of ether oxygens (including phenoxy) is 1. The maximum atomic E-state index is 12.8. The summed E-state index contributed by atoms with van der Waals surface area (Å²) in [7, 11) is -5.08. The predicted octanol–water partition coefficient (Wildman–Crippen LogP) is 0.418. The Balaban J connectivity index is 1.69. The normalized spacial score (nSPS) is 22.7. The van der Waals surface area contributed by atoms with Crippen LogP contribution in [0.4, 0.5) is 5.69 Å². The Labute approximate surface area is 175 Å². The van der Waals surface area contributed by atoms with Gasteiger partial charge in [0.25, 0.3) is 0 Å². The van der Waals surface area contributed by atoms with Gasteiger partial charge in [-0.25, -0.2) is 16.8 Å². The SMILES string of the molecule is CN(CC(=O)Nc1cc(S(=O)(=O)N2CCOCC2)ccc1Cl)[C@H]1CCS(=O)(=O)C1. The molecule has 0 aromatic heterocycles. The van der Waals surface area contributed by atoms with E-state index in [-0.39, 0.29) is 52.8 Å². The van der Waals surface area contributed by atoms with E-state index in [2.05, 4.69) is 5.32 Å². The predicted molar refractivity (Wildman–Crippen MR) is 109 cm³/mol. The van der Waals surface area contributed by atoms with Gasteiger partial charge >= 0.3 is 0 Å². The summed E-state index contributed by atoms with van der Waals surface area (Å²) in [6.45, 7) is 1.17. The van der Waals surface area contributed by atoms with Crippen LogP contribution in [-0.2, 0) is 29.4 Å². The van der Waals surface area contributed by atoms with Crippen LogP contribution in [0.15, 0.2) is 23.1 Å². The quantitative estimate of drug-likeness (QED) is 0.647. The highest BCUT2D eigenvalue weighted by atomic mass is 35.5. The zero-order chi connectivity index (χ0) is 21.2. The van der Waals surface area contributed by atoms with E-state index >= 15 is 0 Å². The molecule has 2 saturated heterocycles. The van der Waals surface area contributed by atoms with Crippen LogP contribution >= 0.6 is 11.6 Å². The monoisotopic (exact) mass is 465 g/mol. The molecule has 1 amide bonds. The Morgan fingerprint density at radius 2 is 2.03 bits per heavy atom. The van der Waals surface area contributed by atoms with Crippen LogP contribution < -0.4 is 5.32 Å². The molecule has 1 aromatic rings. The van der Waals surface area contributed by atoms with Gasteiger partial charge in [-0.05, 0) is 31.7 Å². The Morgan fingerprint density at radius 3 is 2.66 bits per heavy atom. The van der Waals surface area contributed by atoms with Crippen molar-refractivity contribution in [3.05, 3.63) is 23.2 Å². The number of nitrogens with zero attached hydrogens (tertiary/aromatic N) is 2. The number of sulfonamides is 1. The fourth-order valence-electron chi connectivity index (χ4n) is 3.37. The van der Waals surface area contributed by atoms with Crippen LogP contribution in [0, 0.1) is 0 Å². The van der Waals surface area contributed by atoms with Crippen molar-refractivity contribution in [2.45, 2.75) is 17.4 Å². The minimum Gasteiger partial charge on any atom is -0.379 e. The van der Waals surface area contributed by atoms with E-state index in [1.165, 1.54) is 22.5 Å². The van der Waals surface area contributed by atoms with E-state index in [0.717, 1.165) is 0 Å². The molecular formula is C17H24ClN3O6S2. The molecule has 3 rings (SSSR count). The average molecular weight is 466 g/mol. The van der Waals surface area contributed by atoms with Crippen molar-refractivity contribution in [1.29, 1.82) is 0 Å². The maximum Gasteiger partial charge on any atom is 0.243 e. The number of anilines is 1. The molecule has 0 bridgehead atoms. The first-order valence-corrected chi connectivity index (χ1v) is 12.8. The Kier molecular flexibility index (Phi) is 6.86. The molecule has 162 valence electrons. The molecule has 0 saturated carbocycles. The number of hydrogen-bond acceptors (Lipinski definition) is 7. The summed E-state index contributed by atoms with van der Waals surface area (Å²) in [6, 6.07) is 3.95. The third kappa shape index (κ3) is 5.47. The zero-order valence-electron chi connectivity index (χ0n) is 16.0. The molecule has 1 atom stereocenters. The van der Waals surface area contributed by atoms with Crippen LogP contribution in [0.2, 0.25) is 5.02 Å². The van der Waals surface area contributed by atoms with Crippen LogP contribution in [0.25, 0.3) is 0 Å². The van der Waals surface area contributed by atoms with Crippen molar-refractivity contribution in [2.75, 3.05) is 56.7 Å². The molecule has 2 aliphatic heterocycles. The smallest absolute Gasteiger partial charge is 0.243 e. The van der Waals surface area contributed by atoms with E-state index in [1.807, 2.05) is 0 Å². The summed E-state index contributed by atoms with van der Waals surface area (Å²) < 4.78 is 55.4. The molecule has 0 spiro atoms. The van der Waals surface area contributed by atoms with Crippen LogP contribution in [0.1, 0.15) is 6.42 Å². The van der Waals surface area contributed by atoms with E-state index < -0.39 is 25.8 Å². The molecule has 2 heterocycles. The number of halogens is 1. The number of sulfone groups is 1. The molecule has 0 unspecified atom stereocenters. The summed E-state index contributed by atoms with van der Waals surface area (Å²) in [5, 5.41) is 2.84. The number of morpholine rings is 1. The van der Waals surface area contributed by atoms with E-state index in [0.29, 0.717) is 19.6 Å². The second-order valence-corrected chi connectivity index (χ2v) is 11.8. The Morgan fingerprint density at radius 1 is 1.34 bits per heavy atom. The van der Waals surface area contributed by atoms with Crippen LogP contribution in [-0.4, -0.2) is 89.4 Å². The number of likely N-dealkylation sites (N-methyl/N-ethyl adjacent to an activating group) is 1. The number of carbonyl (C=O) groups excluding carboxylic acids is 1. The number of nitrogens with one attached hydrogen (secondary N) is 1. The van der Waals surface area contributed by atoms with Crippen molar-refractivity contribution < 1.29 is 26.4 Å². The lowest BCUT2D eigenvalue weighted by atomic mass is 10.2. The van der Waals surface area contributed by atoms with Crippen molar-refractivity contribution in [3.8, 4) is 0 Å². The number of carbonyl (C=O) groups is 1. The molecule has 1 aromatic carbocycles. The standard InChI is InChI=1S/C17H24ClN3O6S2/c1-20(13-4-9-28(23,24)12-13)11-17(22)19-16-10-14(2-3-15(16)18)29(25,26)21-5-7-27-8-6-21/h2-3,10,13H,4-9,11-12H2,1H3,(H,19,22)/t13-/m0/s1.